The summed E-state index contributed by atoms with van der Waals surface area (Å²) in [6.07, 6.45) is 3.74. The highest BCUT2D eigenvalue weighted by Crippen LogP contribution is 2.15. The van der Waals surface area contributed by atoms with Crippen LogP contribution in [0.3, 0.4) is 0 Å². The van der Waals surface area contributed by atoms with Gasteiger partial charge >= 0.3 is 0 Å². The van der Waals surface area contributed by atoms with E-state index in [4.69, 9.17) is 0 Å². The molecule has 0 aliphatic carbocycles. The average molecular weight is 255 g/mol. The zero-order chi connectivity index (χ0) is 13.1. The molecule has 0 aliphatic heterocycles. The van der Waals surface area contributed by atoms with Crippen molar-refractivity contribution in [3.8, 4) is 0 Å². The smallest absolute Gasteiger partial charge is 0.228 e. The fourth-order valence-electron chi connectivity index (χ4n) is 2.02. The molecular weight excluding hydrogens is 242 g/mol. The number of para-hydroxylation sites is 1. The number of rotatable bonds is 4. The molecule has 0 saturated carbocycles. The van der Waals surface area contributed by atoms with Crippen molar-refractivity contribution >= 4 is 22.8 Å². The number of hydrogen-bond acceptors (Lipinski definition) is 3. The van der Waals surface area contributed by atoms with E-state index in [2.05, 4.69) is 31.1 Å². The van der Waals surface area contributed by atoms with Crippen LogP contribution in [0, 0.1) is 0 Å². The van der Waals surface area contributed by atoms with E-state index in [0.29, 0.717) is 18.9 Å². The third-order valence-corrected chi connectivity index (χ3v) is 2.93. The zero-order valence-electron chi connectivity index (χ0n) is 10.2. The first-order valence-electron chi connectivity index (χ1n) is 6.02. The predicted octanol–water partition coefficient (Wildman–Crippen LogP) is 1.79. The van der Waals surface area contributed by atoms with Gasteiger partial charge in [-0.15, -0.1) is 0 Å². The molecule has 1 amide bonds. The van der Waals surface area contributed by atoms with Crippen molar-refractivity contribution in [2.24, 2.45) is 0 Å². The summed E-state index contributed by atoms with van der Waals surface area (Å²) in [5, 5.41) is 10.1. The highest BCUT2D eigenvalue weighted by molar-refractivity contribution is 5.89. The molecule has 3 aromatic rings. The summed E-state index contributed by atoms with van der Waals surface area (Å²) in [5.41, 5.74) is 1.13. The van der Waals surface area contributed by atoms with Crippen LogP contribution in [-0.2, 0) is 11.3 Å². The molecule has 19 heavy (non-hydrogen) atoms. The molecule has 3 rings (SSSR count). The number of fused-ring (bicyclic) bond motifs is 1. The normalized spacial score (nSPS) is 10.7. The molecule has 0 bridgehead atoms. The summed E-state index contributed by atoms with van der Waals surface area (Å²) < 4.78 is 2.06. The first kappa shape index (κ1) is 11.5. The lowest BCUT2D eigenvalue weighted by Crippen LogP contribution is -2.15. The van der Waals surface area contributed by atoms with E-state index in [1.54, 1.807) is 0 Å². The number of anilines is 1. The van der Waals surface area contributed by atoms with E-state index in [-0.39, 0.29) is 5.91 Å². The zero-order valence-corrected chi connectivity index (χ0v) is 10.2. The van der Waals surface area contributed by atoms with Crippen molar-refractivity contribution < 1.29 is 4.79 Å². The maximum absolute atomic E-state index is 11.7. The molecule has 6 nitrogen and oxygen atoms in total. The first-order valence-corrected chi connectivity index (χ1v) is 6.02. The van der Waals surface area contributed by atoms with Crippen LogP contribution in [-0.4, -0.2) is 25.7 Å². The highest BCUT2D eigenvalue weighted by Gasteiger charge is 2.06. The lowest BCUT2D eigenvalue weighted by molar-refractivity contribution is -0.116. The van der Waals surface area contributed by atoms with Crippen LogP contribution in [0.1, 0.15) is 6.42 Å². The van der Waals surface area contributed by atoms with E-state index >= 15 is 0 Å². The Morgan fingerprint density at radius 3 is 3.05 bits per heavy atom. The number of aryl methyl sites for hydroxylation is 1. The lowest BCUT2D eigenvalue weighted by atomic mass is 10.2. The molecule has 96 valence electrons. The van der Waals surface area contributed by atoms with E-state index in [1.165, 1.54) is 11.7 Å². The van der Waals surface area contributed by atoms with Gasteiger partial charge in [0.05, 0.1) is 0 Å². The molecule has 0 atom stereocenters. The number of nitrogens with zero attached hydrogens (tertiary/aromatic N) is 3. The van der Waals surface area contributed by atoms with Gasteiger partial charge in [0, 0.05) is 24.7 Å². The Morgan fingerprint density at radius 2 is 2.21 bits per heavy atom. The number of benzene rings is 1. The van der Waals surface area contributed by atoms with Gasteiger partial charge in [-0.25, -0.2) is 5.10 Å². The van der Waals surface area contributed by atoms with Crippen molar-refractivity contribution in [3.63, 3.8) is 0 Å². The third-order valence-electron chi connectivity index (χ3n) is 2.93. The minimum Gasteiger partial charge on any atom is -0.347 e. The number of carbonyl (C=O) groups is 1. The van der Waals surface area contributed by atoms with Crippen molar-refractivity contribution in [1.29, 1.82) is 0 Å². The van der Waals surface area contributed by atoms with Crippen LogP contribution in [0.5, 0.6) is 0 Å². The van der Waals surface area contributed by atoms with Gasteiger partial charge in [-0.2, -0.15) is 10.1 Å². The topological polar surface area (TPSA) is 75.6 Å². The molecule has 6 heteroatoms. The summed E-state index contributed by atoms with van der Waals surface area (Å²) in [7, 11) is 0. The average Bonchev–Trinajstić information content (AvgIpc) is 3.05. The van der Waals surface area contributed by atoms with Crippen LogP contribution in [0.2, 0.25) is 0 Å². The molecule has 0 spiro atoms. The summed E-state index contributed by atoms with van der Waals surface area (Å²) >= 11 is 0. The maximum atomic E-state index is 11.7. The molecule has 2 N–H and O–H groups in total. The van der Waals surface area contributed by atoms with Crippen molar-refractivity contribution in [2.75, 3.05) is 5.32 Å². The Morgan fingerprint density at radius 1 is 1.32 bits per heavy atom. The molecule has 0 saturated heterocycles. The van der Waals surface area contributed by atoms with Gasteiger partial charge in [-0.1, -0.05) is 18.2 Å². The first-order chi connectivity index (χ1) is 9.33. The van der Waals surface area contributed by atoms with Gasteiger partial charge in [-0.3, -0.25) is 10.1 Å². The second kappa shape index (κ2) is 4.93. The molecule has 0 unspecified atom stereocenters. The third kappa shape index (κ3) is 2.47. The quantitative estimate of drug-likeness (QED) is 0.746. The summed E-state index contributed by atoms with van der Waals surface area (Å²) in [6, 6.07) is 10.1. The number of carbonyl (C=O) groups excluding carboxylic acids is 1. The number of H-pyrrole nitrogens is 1. The number of amides is 1. The molecule has 2 aromatic heterocycles. The summed E-state index contributed by atoms with van der Waals surface area (Å²) in [4.78, 5) is 15.6. The Labute approximate surface area is 109 Å². The van der Waals surface area contributed by atoms with E-state index in [9.17, 15) is 4.79 Å². The van der Waals surface area contributed by atoms with Gasteiger partial charge in [-0.05, 0) is 17.5 Å². The fraction of sp³-hybridized carbons (Fsp3) is 0.154. The number of aromatic amines is 1. The Kier molecular flexibility index (Phi) is 2.97. The monoisotopic (exact) mass is 255 g/mol. The van der Waals surface area contributed by atoms with Gasteiger partial charge in [0.25, 0.3) is 0 Å². The van der Waals surface area contributed by atoms with Gasteiger partial charge in [0.1, 0.15) is 6.33 Å². The van der Waals surface area contributed by atoms with Crippen molar-refractivity contribution in [1.82, 2.24) is 19.7 Å². The standard InChI is InChI=1S/C13H13N5O/c19-12(16-13-14-9-15-17-13)6-8-18-7-5-10-3-1-2-4-11(10)18/h1-5,7,9H,6,8H2,(H2,14,15,16,17,19). The predicted molar refractivity (Wildman–Crippen MR) is 71.6 cm³/mol. The Hall–Kier alpha value is -2.63. The fourth-order valence-corrected chi connectivity index (χ4v) is 2.02. The van der Waals surface area contributed by atoms with Crippen LogP contribution in [0.15, 0.2) is 42.9 Å². The van der Waals surface area contributed by atoms with E-state index in [1.807, 2.05) is 30.5 Å². The second-order valence-corrected chi connectivity index (χ2v) is 4.20. The maximum Gasteiger partial charge on any atom is 0.228 e. The minimum absolute atomic E-state index is 0.0884. The molecular formula is C13H13N5O. The van der Waals surface area contributed by atoms with Crippen LogP contribution in [0.25, 0.3) is 10.9 Å². The van der Waals surface area contributed by atoms with E-state index < -0.39 is 0 Å². The van der Waals surface area contributed by atoms with Crippen LogP contribution < -0.4 is 5.32 Å². The molecule has 1 aromatic carbocycles. The molecule has 0 aliphatic rings. The van der Waals surface area contributed by atoms with Gasteiger partial charge in [0.15, 0.2) is 0 Å². The van der Waals surface area contributed by atoms with Gasteiger partial charge in [0.2, 0.25) is 11.9 Å². The Bertz CT molecular complexity index is 686. The largest absolute Gasteiger partial charge is 0.347 e. The van der Waals surface area contributed by atoms with Gasteiger partial charge < -0.3 is 4.57 Å². The van der Waals surface area contributed by atoms with E-state index in [0.717, 1.165) is 5.52 Å². The van der Waals surface area contributed by atoms with Crippen LogP contribution >= 0.6 is 0 Å². The Balaban J connectivity index is 1.64. The lowest BCUT2D eigenvalue weighted by Gasteiger charge is -2.05. The number of nitrogens with one attached hydrogen (secondary N) is 2. The number of aromatic nitrogens is 4. The van der Waals surface area contributed by atoms with Crippen molar-refractivity contribution in [2.45, 2.75) is 13.0 Å². The SMILES string of the molecule is O=C(CCn1ccc2ccccc21)Nc1ncn[nH]1. The van der Waals surface area contributed by atoms with Crippen LogP contribution in [0.4, 0.5) is 5.95 Å². The molecule has 0 radical (unpaired) electrons. The molecule has 0 fully saturated rings. The highest BCUT2D eigenvalue weighted by atomic mass is 16.1. The van der Waals surface area contributed by atoms with Crippen molar-refractivity contribution in [3.05, 3.63) is 42.9 Å². The minimum atomic E-state index is -0.0884. The summed E-state index contributed by atoms with van der Waals surface area (Å²) in [6.45, 7) is 0.632. The summed E-state index contributed by atoms with van der Waals surface area (Å²) in [5.74, 6) is 0.289. The molecule has 2 heterocycles. The number of hydrogen-bond donors (Lipinski definition) is 2. The second-order valence-electron chi connectivity index (χ2n) is 4.20.